The summed E-state index contributed by atoms with van der Waals surface area (Å²) in [5.41, 5.74) is 0. The second-order valence-electron chi connectivity index (χ2n) is 5.43. The summed E-state index contributed by atoms with van der Waals surface area (Å²) in [6, 6.07) is 0.706. The Balaban J connectivity index is 1.81. The van der Waals surface area contributed by atoms with E-state index in [1.807, 2.05) is 4.90 Å². The smallest absolute Gasteiger partial charge is 0.219 e. The zero-order valence-electron chi connectivity index (χ0n) is 11.2. The summed E-state index contributed by atoms with van der Waals surface area (Å²) in [5, 5.41) is 0. The minimum Gasteiger partial charge on any atom is -0.343 e. The van der Waals surface area contributed by atoms with Gasteiger partial charge in [-0.3, -0.25) is 9.69 Å². The third-order valence-electron chi connectivity index (χ3n) is 4.18. The van der Waals surface area contributed by atoms with Crippen molar-refractivity contribution in [3.05, 3.63) is 0 Å². The standard InChI is InChI=1S/C13H25N3O/c1-12(17)15-8-4-13(5-9-15)16-7-3-6-14(2)10-11-16/h13H,3-11H2,1-2H3. The lowest BCUT2D eigenvalue weighted by molar-refractivity contribution is -0.130. The Morgan fingerprint density at radius 2 is 1.71 bits per heavy atom. The van der Waals surface area contributed by atoms with Gasteiger partial charge < -0.3 is 9.80 Å². The number of hydrogen-bond acceptors (Lipinski definition) is 3. The number of carbonyl (C=O) groups excluding carboxylic acids is 1. The molecular weight excluding hydrogens is 214 g/mol. The first-order chi connectivity index (χ1) is 8.16. The number of hydrogen-bond donors (Lipinski definition) is 0. The van der Waals surface area contributed by atoms with E-state index in [4.69, 9.17) is 0 Å². The minimum atomic E-state index is 0.235. The molecule has 0 aromatic rings. The average Bonchev–Trinajstić information content (AvgIpc) is 2.54. The first-order valence-electron chi connectivity index (χ1n) is 6.85. The number of likely N-dealkylation sites (N-methyl/N-ethyl adjacent to an activating group) is 1. The molecule has 2 aliphatic rings. The van der Waals surface area contributed by atoms with Crippen LogP contribution in [0, 0.1) is 0 Å². The van der Waals surface area contributed by atoms with Gasteiger partial charge in [0.15, 0.2) is 0 Å². The van der Waals surface area contributed by atoms with Crippen molar-refractivity contribution in [3.8, 4) is 0 Å². The second-order valence-corrected chi connectivity index (χ2v) is 5.43. The van der Waals surface area contributed by atoms with Gasteiger partial charge in [-0.1, -0.05) is 0 Å². The molecule has 2 rings (SSSR count). The topological polar surface area (TPSA) is 26.8 Å². The quantitative estimate of drug-likeness (QED) is 0.672. The molecule has 0 N–H and O–H groups in total. The van der Waals surface area contributed by atoms with Crippen molar-refractivity contribution >= 4 is 5.91 Å². The van der Waals surface area contributed by atoms with Crippen LogP contribution in [0.1, 0.15) is 26.2 Å². The highest BCUT2D eigenvalue weighted by Gasteiger charge is 2.26. The summed E-state index contributed by atoms with van der Waals surface area (Å²) in [5.74, 6) is 0.235. The van der Waals surface area contributed by atoms with Gasteiger partial charge >= 0.3 is 0 Å². The van der Waals surface area contributed by atoms with E-state index < -0.39 is 0 Å². The van der Waals surface area contributed by atoms with Crippen molar-refractivity contribution in [3.63, 3.8) is 0 Å². The maximum absolute atomic E-state index is 11.3. The second kappa shape index (κ2) is 5.83. The predicted molar refractivity (Wildman–Crippen MR) is 69.0 cm³/mol. The molecule has 98 valence electrons. The van der Waals surface area contributed by atoms with Gasteiger partial charge in [-0.2, -0.15) is 0 Å². The number of nitrogens with zero attached hydrogens (tertiary/aromatic N) is 3. The highest BCUT2D eigenvalue weighted by Crippen LogP contribution is 2.18. The molecule has 0 atom stereocenters. The summed E-state index contributed by atoms with van der Waals surface area (Å²) in [6.07, 6.45) is 3.59. The molecule has 0 aromatic carbocycles. The largest absolute Gasteiger partial charge is 0.343 e. The fraction of sp³-hybridized carbons (Fsp3) is 0.923. The lowest BCUT2D eigenvalue weighted by Gasteiger charge is -2.37. The highest BCUT2D eigenvalue weighted by molar-refractivity contribution is 5.73. The van der Waals surface area contributed by atoms with Gasteiger partial charge in [-0.25, -0.2) is 0 Å². The summed E-state index contributed by atoms with van der Waals surface area (Å²) in [6.45, 7) is 8.42. The fourth-order valence-corrected chi connectivity index (χ4v) is 2.98. The van der Waals surface area contributed by atoms with Crippen molar-refractivity contribution in [2.45, 2.75) is 32.2 Å². The van der Waals surface area contributed by atoms with Gasteiger partial charge in [-0.15, -0.1) is 0 Å². The molecule has 0 radical (unpaired) electrons. The van der Waals surface area contributed by atoms with Crippen molar-refractivity contribution in [1.29, 1.82) is 0 Å². The Morgan fingerprint density at radius 3 is 2.35 bits per heavy atom. The van der Waals surface area contributed by atoms with Gasteiger partial charge in [0.2, 0.25) is 5.91 Å². The Morgan fingerprint density at radius 1 is 1.00 bits per heavy atom. The van der Waals surface area contributed by atoms with Crippen LogP contribution in [0.25, 0.3) is 0 Å². The van der Waals surface area contributed by atoms with E-state index >= 15 is 0 Å². The van der Waals surface area contributed by atoms with E-state index in [2.05, 4.69) is 16.8 Å². The first-order valence-corrected chi connectivity index (χ1v) is 6.85. The zero-order chi connectivity index (χ0) is 12.3. The van der Waals surface area contributed by atoms with Gasteiger partial charge in [0, 0.05) is 39.1 Å². The Bertz CT molecular complexity index is 261. The molecule has 1 amide bonds. The summed E-state index contributed by atoms with van der Waals surface area (Å²) in [4.78, 5) is 18.3. The van der Waals surface area contributed by atoms with Crippen LogP contribution >= 0.6 is 0 Å². The molecule has 2 saturated heterocycles. The van der Waals surface area contributed by atoms with Gasteiger partial charge in [0.05, 0.1) is 0 Å². The van der Waals surface area contributed by atoms with Gasteiger partial charge in [-0.05, 0) is 39.4 Å². The maximum atomic E-state index is 11.3. The fourth-order valence-electron chi connectivity index (χ4n) is 2.98. The predicted octanol–water partition coefficient (Wildman–Crippen LogP) is 0.635. The van der Waals surface area contributed by atoms with E-state index in [9.17, 15) is 4.79 Å². The third kappa shape index (κ3) is 3.42. The number of rotatable bonds is 1. The number of piperidine rings is 1. The van der Waals surface area contributed by atoms with Gasteiger partial charge in [0.1, 0.15) is 0 Å². The molecule has 2 fully saturated rings. The van der Waals surface area contributed by atoms with Crippen molar-refractivity contribution in [2.24, 2.45) is 0 Å². The molecule has 2 heterocycles. The molecule has 2 aliphatic heterocycles. The molecule has 4 nitrogen and oxygen atoms in total. The Hall–Kier alpha value is -0.610. The monoisotopic (exact) mass is 239 g/mol. The van der Waals surface area contributed by atoms with E-state index in [0.717, 1.165) is 25.9 Å². The van der Waals surface area contributed by atoms with Crippen LogP contribution < -0.4 is 0 Å². The number of likely N-dealkylation sites (tertiary alicyclic amines) is 1. The third-order valence-corrected chi connectivity index (χ3v) is 4.18. The van der Waals surface area contributed by atoms with Crippen LogP contribution in [0.5, 0.6) is 0 Å². The van der Waals surface area contributed by atoms with Crippen molar-refractivity contribution in [2.75, 3.05) is 46.3 Å². The number of carbonyl (C=O) groups is 1. The summed E-state index contributed by atoms with van der Waals surface area (Å²) < 4.78 is 0. The molecule has 0 spiro atoms. The van der Waals surface area contributed by atoms with E-state index in [1.165, 1.54) is 32.6 Å². The normalized spacial score (nSPS) is 25.9. The van der Waals surface area contributed by atoms with E-state index in [-0.39, 0.29) is 5.91 Å². The molecular formula is C13H25N3O. The van der Waals surface area contributed by atoms with Crippen LogP contribution in [0.4, 0.5) is 0 Å². The van der Waals surface area contributed by atoms with Crippen LogP contribution in [0.3, 0.4) is 0 Å². The SMILES string of the molecule is CC(=O)N1CCC(N2CCCN(C)CC2)CC1. The molecule has 0 aromatic heterocycles. The lowest BCUT2D eigenvalue weighted by atomic mass is 10.0. The van der Waals surface area contributed by atoms with E-state index in [0.29, 0.717) is 6.04 Å². The summed E-state index contributed by atoms with van der Waals surface area (Å²) >= 11 is 0. The molecule has 0 bridgehead atoms. The van der Waals surface area contributed by atoms with Crippen LogP contribution in [0.2, 0.25) is 0 Å². The average molecular weight is 239 g/mol. The molecule has 0 saturated carbocycles. The molecule has 17 heavy (non-hydrogen) atoms. The van der Waals surface area contributed by atoms with Crippen LogP contribution in [0.15, 0.2) is 0 Å². The van der Waals surface area contributed by atoms with Crippen LogP contribution in [-0.4, -0.2) is 73.0 Å². The molecule has 4 heteroatoms. The van der Waals surface area contributed by atoms with Gasteiger partial charge in [0.25, 0.3) is 0 Å². The molecule has 0 unspecified atom stereocenters. The Labute approximate surface area is 105 Å². The first kappa shape index (κ1) is 12.8. The highest BCUT2D eigenvalue weighted by atomic mass is 16.2. The lowest BCUT2D eigenvalue weighted by Crippen LogP contribution is -2.47. The maximum Gasteiger partial charge on any atom is 0.219 e. The number of amides is 1. The zero-order valence-corrected chi connectivity index (χ0v) is 11.2. The van der Waals surface area contributed by atoms with Crippen LogP contribution in [-0.2, 0) is 4.79 Å². The minimum absolute atomic E-state index is 0.235. The molecule has 0 aliphatic carbocycles. The Kier molecular flexibility index (Phi) is 4.40. The van der Waals surface area contributed by atoms with E-state index in [1.54, 1.807) is 6.92 Å². The van der Waals surface area contributed by atoms with Crippen molar-refractivity contribution < 1.29 is 4.79 Å². The van der Waals surface area contributed by atoms with Crippen molar-refractivity contribution in [1.82, 2.24) is 14.7 Å². The summed E-state index contributed by atoms with van der Waals surface area (Å²) in [7, 11) is 2.21.